The van der Waals surface area contributed by atoms with Gasteiger partial charge in [0.05, 0.1) is 22.3 Å². The molecule has 166 valence electrons. The zero-order valence-corrected chi connectivity index (χ0v) is 16.9. The first kappa shape index (κ1) is 20.5. The summed E-state index contributed by atoms with van der Waals surface area (Å²) in [5, 5.41) is 32.2. The van der Waals surface area contributed by atoms with Crippen LogP contribution in [0.25, 0.3) is 0 Å². The van der Waals surface area contributed by atoms with Crippen molar-refractivity contribution in [2.75, 3.05) is 9.96 Å². The van der Waals surface area contributed by atoms with E-state index in [2.05, 4.69) is 0 Å². The number of anilines is 2. The van der Waals surface area contributed by atoms with Crippen LogP contribution in [0.15, 0.2) is 72.8 Å². The first-order valence-corrected chi connectivity index (χ1v) is 10.0. The van der Waals surface area contributed by atoms with Gasteiger partial charge in [-0.2, -0.15) is 0 Å². The van der Waals surface area contributed by atoms with E-state index in [0.717, 1.165) is 4.90 Å². The molecule has 2 fully saturated rings. The Hall–Kier alpha value is -4.44. The minimum Gasteiger partial charge on any atom is -0.504 e. The fourth-order valence-electron chi connectivity index (χ4n) is 4.25. The van der Waals surface area contributed by atoms with E-state index in [1.54, 1.807) is 30.3 Å². The summed E-state index contributed by atoms with van der Waals surface area (Å²) in [5.74, 6) is -2.76. The molecule has 0 radical (unpaired) electrons. The molecule has 2 N–H and O–H groups in total. The van der Waals surface area contributed by atoms with Gasteiger partial charge in [0.25, 0.3) is 11.6 Å². The van der Waals surface area contributed by atoms with E-state index in [1.807, 2.05) is 6.07 Å². The van der Waals surface area contributed by atoms with Crippen LogP contribution in [-0.4, -0.2) is 33.1 Å². The van der Waals surface area contributed by atoms with Crippen molar-refractivity contribution in [2.24, 2.45) is 5.92 Å². The Morgan fingerprint density at radius 3 is 2.18 bits per heavy atom. The minimum atomic E-state index is -1.13. The van der Waals surface area contributed by atoms with Gasteiger partial charge in [-0.05, 0) is 42.0 Å². The topological polar surface area (TPSA) is 133 Å². The van der Waals surface area contributed by atoms with Gasteiger partial charge in [0, 0.05) is 12.1 Å². The lowest BCUT2D eigenvalue weighted by Gasteiger charge is -2.28. The Bertz CT molecular complexity index is 1260. The van der Waals surface area contributed by atoms with Gasteiger partial charge in [-0.3, -0.25) is 24.5 Å². The van der Waals surface area contributed by atoms with Crippen LogP contribution in [0.1, 0.15) is 11.6 Å². The monoisotopic (exact) mass is 447 g/mol. The van der Waals surface area contributed by atoms with Crippen LogP contribution in [0.3, 0.4) is 0 Å². The zero-order valence-electron chi connectivity index (χ0n) is 16.9. The number of hydrogen-bond acceptors (Lipinski definition) is 8. The van der Waals surface area contributed by atoms with Crippen LogP contribution < -0.4 is 9.96 Å². The maximum atomic E-state index is 13.5. The molecule has 10 heteroatoms. The molecule has 0 aromatic heterocycles. The van der Waals surface area contributed by atoms with Crippen LogP contribution in [0.2, 0.25) is 0 Å². The summed E-state index contributed by atoms with van der Waals surface area (Å²) >= 11 is 0. The van der Waals surface area contributed by atoms with Gasteiger partial charge in [-0.1, -0.05) is 24.3 Å². The number of phenolic OH excluding ortho intramolecular Hbond substituents is 2. The number of para-hydroxylation sites is 1. The number of amides is 2. The zero-order chi connectivity index (χ0) is 23.3. The average Bonchev–Trinajstić information content (AvgIpc) is 3.32. The molecule has 2 saturated heterocycles. The molecular weight excluding hydrogens is 430 g/mol. The number of imide groups is 1. The summed E-state index contributed by atoms with van der Waals surface area (Å²) in [4.78, 5) is 44.0. The molecular formula is C23H17N3O7. The normalized spacial score (nSPS) is 22.0. The van der Waals surface area contributed by atoms with Crippen molar-refractivity contribution in [3.05, 3.63) is 88.5 Å². The predicted molar refractivity (Wildman–Crippen MR) is 115 cm³/mol. The molecule has 33 heavy (non-hydrogen) atoms. The number of non-ortho nitro benzene ring substituents is 1. The third-order valence-electron chi connectivity index (χ3n) is 5.79. The molecule has 3 aromatic carbocycles. The maximum Gasteiger partial charge on any atom is 0.269 e. The van der Waals surface area contributed by atoms with Crippen LogP contribution in [0, 0.1) is 16.0 Å². The van der Waals surface area contributed by atoms with E-state index in [-0.39, 0.29) is 22.9 Å². The van der Waals surface area contributed by atoms with E-state index in [9.17, 15) is 29.9 Å². The molecule has 2 aliphatic heterocycles. The molecule has 2 heterocycles. The van der Waals surface area contributed by atoms with Gasteiger partial charge in [-0.25, -0.2) is 9.96 Å². The Labute approximate surface area is 187 Å². The largest absolute Gasteiger partial charge is 0.504 e. The molecule has 10 nitrogen and oxygen atoms in total. The first-order chi connectivity index (χ1) is 15.9. The number of hydroxylamine groups is 1. The van der Waals surface area contributed by atoms with Gasteiger partial charge in [0.2, 0.25) is 5.91 Å². The van der Waals surface area contributed by atoms with E-state index >= 15 is 0 Å². The summed E-state index contributed by atoms with van der Waals surface area (Å²) in [5.41, 5.74) is 1.11. The number of nitro groups is 1. The number of nitrogens with zero attached hydrogens (tertiary/aromatic N) is 3. The highest BCUT2D eigenvalue weighted by molar-refractivity contribution is 6.24. The van der Waals surface area contributed by atoms with Gasteiger partial charge < -0.3 is 10.2 Å². The Balaban J connectivity index is 1.57. The number of aromatic hydroxyl groups is 2. The molecule has 3 aromatic rings. The predicted octanol–water partition coefficient (Wildman–Crippen LogP) is 3.06. The van der Waals surface area contributed by atoms with E-state index in [0.29, 0.717) is 11.3 Å². The standard InChI is InChI=1S/C23H17N3O7/c27-17-11-6-13(12-18(17)28)20-19-21(33-25(20)15-4-2-1-3-5-15)23(30)24(22(19)29)14-7-9-16(10-8-14)26(31)32/h1-12,19-21,27-28H/t19-,20-,21-/m1/s1. The van der Waals surface area contributed by atoms with Crippen molar-refractivity contribution in [2.45, 2.75) is 12.1 Å². The maximum absolute atomic E-state index is 13.5. The number of hydrogen-bond donors (Lipinski definition) is 2. The second-order valence-electron chi connectivity index (χ2n) is 7.69. The lowest BCUT2D eigenvalue weighted by molar-refractivity contribution is -0.384. The fourth-order valence-corrected chi connectivity index (χ4v) is 4.25. The van der Waals surface area contributed by atoms with Crippen molar-refractivity contribution < 1.29 is 29.6 Å². The number of phenols is 2. The lowest BCUT2D eigenvalue weighted by Crippen LogP contribution is -2.37. The summed E-state index contributed by atoms with van der Waals surface area (Å²) in [6.45, 7) is 0. The number of carbonyl (C=O) groups is 2. The second-order valence-corrected chi connectivity index (χ2v) is 7.69. The average molecular weight is 447 g/mol. The number of benzene rings is 3. The Kier molecular flexibility index (Phi) is 4.72. The quantitative estimate of drug-likeness (QED) is 0.270. The number of carbonyl (C=O) groups excluding carboxylic acids is 2. The van der Waals surface area contributed by atoms with Gasteiger partial charge in [0.15, 0.2) is 17.6 Å². The Morgan fingerprint density at radius 2 is 1.55 bits per heavy atom. The van der Waals surface area contributed by atoms with E-state index < -0.39 is 34.8 Å². The van der Waals surface area contributed by atoms with Gasteiger partial charge in [-0.15, -0.1) is 0 Å². The molecule has 5 rings (SSSR count). The molecule has 0 bridgehead atoms. The SMILES string of the molecule is O=C1[C@@H]2[C@@H](c3ccc(O)c(O)c3)N(c3ccccc3)O[C@H]2C(=O)N1c1ccc([N+](=O)[O-])cc1. The highest BCUT2D eigenvalue weighted by atomic mass is 16.7. The highest BCUT2D eigenvalue weighted by Gasteiger charge is 2.60. The van der Waals surface area contributed by atoms with Crippen LogP contribution in [0.5, 0.6) is 11.5 Å². The number of nitro benzene ring substituents is 1. The summed E-state index contributed by atoms with van der Waals surface area (Å²) in [6.07, 6.45) is -1.13. The molecule has 0 saturated carbocycles. The fraction of sp³-hybridized carbons (Fsp3) is 0.130. The van der Waals surface area contributed by atoms with Gasteiger partial charge >= 0.3 is 0 Å². The summed E-state index contributed by atoms with van der Waals surface area (Å²) in [6, 6.07) is 17.4. The van der Waals surface area contributed by atoms with E-state index in [1.165, 1.54) is 41.5 Å². The molecule has 0 spiro atoms. The minimum absolute atomic E-state index is 0.165. The lowest BCUT2D eigenvalue weighted by atomic mass is 9.90. The Morgan fingerprint density at radius 1 is 0.848 bits per heavy atom. The van der Waals surface area contributed by atoms with Crippen LogP contribution >= 0.6 is 0 Å². The number of rotatable bonds is 4. The first-order valence-electron chi connectivity index (χ1n) is 10.0. The molecule has 3 atom stereocenters. The van der Waals surface area contributed by atoms with Crippen LogP contribution in [-0.2, 0) is 14.4 Å². The second kappa shape index (κ2) is 7.61. The molecule has 0 aliphatic carbocycles. The van der Waals surface area contributed by atoms with Crippen LogP contribution in [0.4, 0.5) is 17.1 Å². The number of fused-ring (bicyclic) bond motifs is 1. The van der Waals surface area contributed by atoms with Crippen molar-refractivity contribution in [3.8, 4) is 11.5 Å². The van der Waals surface area contributed by atoms with Crippen molar-refractivity contribution in [3.63, 3.8) is 0 Å². The third kappa shape index (κ3) is 3.24. The smallest absolute Gasteiger partial charge is 0.269 e. The van der Waals surface area contributed by atoms with Crippen molar-refractivity contribution in [1.82, 2.24) is 0 Å². The third-order valence-corrected chi connectivity index (χ3v) is 5.79. The van der Waals surface area contributed by atoms with E-state index in [4.69, 9.17) is 4.84 Å². The molecule has 2 aliphatic rings. The van der Waals surface area contributed by atoms with Crippen molar-refractivity contribution >= 4 is 28.9 Å². The van der Waals surface area contributed by atoms with Gasteiger partial charge in [0.1, 0.15) is 5.92 Å². The highest BCUT2D eigenvalue weighted by Crippen LogP contribution is 2.48. The summed E-state index contributed by atoms with van der Waals surface area (Å²) in [7, 11) is 0. The molecule has 2 amide bonds. The molecule has 0 unspecified atom stereocenters. The summed E-state index contributed by atoms with van der Waals surface area (Å²) < 4.78 is 0. The van der Waals surface area contributed by atoms with Crippen molar-refractivity contribution in [1.29, 1.82) is 0 Å².